The van der Waals surface area contributed by atoms with Gasteiger partial charge in [-0.1, -0.05) is 23.7 Å². The van der Waals surface area contributed by atoms with Crippen LogP contribution in [-0.2, 0) is 13.2 Å². The highest BCUT2D eigenvalue weighted by Crippen LogP contribution is 2.30. The van der Waals surface area contributed by atoms with Gasteiger partial charge in [0.25, 0.3) is 0 Å². The van der Waals surface area contributed by atoms with E-state index in [9.17, 15) is 4.39 Å². The molecule has 0 unspecified atom stereocenters. The molecule has 0 aliphatic carbocycles. The third-order valence-corrected chi connectivity index (χ3v) is 4.15. The molecule has 27 heavy (non-hydrogen) atoms. The van der Waals surface area contributed by atoms with Crippen molar-refractivity contribution in [3.05, 3.63) is 58.4 Å². The van der Waals surface area contributed by atoms with Crippen molar-refractivity contribution in [1.29, 1.82) is 0 Å². The fourth-order valence-corrected chi connectivity index (χ4v) is 2.68. The Morgan fingerprint density at radius 2 is 1.81 bits per heavy atom. The molecule has 0 amide bonds. The Morgan fingerprint density at radius 3 is 2.56 bits per heavy atom. The molecule has 148 valence electrons. The highest BCUT2D eigenvalue weighted by molar-refractivity contribution is 6.31. The molecule has 0 heterocycles. The molecule has 0 spiro atoms. The standard InChI is InChI=1S/C20H26ClFN2O3/c1-2-26-20-11-15(13-24-8-7-23-9-10-25)3-6-19(20)27-14-16-4-5-17(22)12-18(16)21/h3-6,11-12,23-25H,2,7-10,13-14H2,1H3. The van der Waals surface area contributed by atoms with Crippen LogP contribution in [0.25, 0.3) is 0 Å². The van der Waals surface area contributed by atoms with Gasteiger partial charge in [-0.15, -0.1) is 0 Å². The lowest BCUT2D eigenvalue weighted by Crippen LogP contribution is -2.28. The largest absolute Gasteiger partial charge is 0.490 e. The molecule has 2 rings (SSSR count). The smallest absolute Gasteiger partial charge is 0.161 e. The second kappa shape index (κ2) is 11.8. The summed E-state index contributed by atoms with van der Waals surface area (Å²) in [5.74, 6) is 0.904. The number of hydrogen-bond donors (Lipinski definition) is 3. The molecule has 0 aliphatic heterocycles. The van der Waals surface area contributed by atoms with E-state index < -0.39 is 0 Å². The van der Waals surface area contributed by atoms with Crippen LogP contribution in [0.4, 0.5) is 4.39 Å². The number of aliphatic hydroxyl groups excluding tert-OH is 1. The molecule has 5 nitrogen and oxygen atoms in total. The maximum absolute atomic E-state index is 13.1. The van der Waals surface area contributed by atoms with Gasteiger partial charge in [-0.25, -0.2) is 4.39 Å². The summed E-state index contributed by atoms with van der Waals surface area (Å²) in [6.45, 7) is 5.69. The fourth-order valence-electron chi connectivity index (χ4n) is 2.46. The van der Waals surface area contributed by atoms with E-state index in [0.29, 0.717) is 41.8 Å². The zero-order valence-corrected chi connectivity index (χ0v) is 16.2. The van der Waals surface area contributed by atoms with Crippen molar-refractivity contribution in [2.24, 2.45) is 0 Å². The molecule has 0 atom stereocenters. The maximum Gasteiger partial charge on any atom is 0.161 e. The van der Waals surface area contributed by atoms with Crippen LogP contribution in [0.2, 0.25) is 5.02 Å². The van der Waals surface area contributed by atoms with Crippen molar-refractivity contribution in [2.75, 3.05) is 32.8 Å². The molecule has 0 fully saturated rings. The van der Waals surface area contributed by atoms with Gasteiger partial charge in [0.15, 0.2) is 11.5 Å². The van der Waals surface area contributed by atoms with Crippen LogP contribution in [0, 0.1) is 5.82 Å². The predicted octanol–water partition coefficient (Wildman–Crippen LogP) is 3.13. The molecule has 0 aromatic heterocycles. The summed E-state index contributed by atoms with van der Waals surface area (Å²) < 4.78 is 24.7. The van der Waals surface area contributed by atoms with Gasteiger partial charge in [0, 0.05) is 31.7 Å². The molecular weight excluding hydrogens is 371 g/mol. The van der Waals surface area contributed by atoms with E-state index in [1.54, 1.807) is 6.07 Å². The SMILES string of the molecule is CCOc1cc(CNCCNCCO)ccc1OCc1ccc(F)cc1Cl. The molecule has 7 heteroatoms. The first kappa shape index (κ1) is 21.4. The quantitative estimate of drug-likeness (QED) is 0.481. The van der Waals surface area contributed by atoms with Crippen molar-refractivity contribution in [3.8, 4) is 11.5 Å². The minimum absolute atomic E-state index is 0.141. The van der Waals surface area contributed by atoms with Crippen LogP contribution < -0.4 is 20.1 Å². The first-order valence-electron chi connectivity index (χ1n) is 8.98. The summed E-state index contributed by atoms with van der Waals surface area (Å²) in [6.07, 6.45) is 0. The van der Waals surface area contributed by atoms with E-state index in [1.165, 1.54) is 12.1 Å². The first-order chi connectivity index (χ1) is 13.1. The monoisotopic (exact) mass is 396 g/mol. The summed E-state index contributed by atoms with van der Waals surface area (Å²) in [5, 5.41) is 15.5. The number of halogens is 2. The van der Waals surface area contributed by atoms with E-state index in [1.807, 2.05) is 25.1 Å². The molecule has 0 aliphatic rings. The molecule has 3 N–H and O–H groups in total. The van der Waals surface area contributed by atoms with Gasteiger partial charge >= 0.3 is 0 Å². The molecule has 2 aromatic carbocycles. The zero-order valence-electron chi connectivity index (χ0n) is 15.4. The second-order valence-corrected chi connectivity index (χ2v) is 6.30. The Bertz CT molecular complexity index is 716. The van der Waals surface area contributed by atoms with Gasteiger partial charge in [-0.2, -0.15) is 0 Å². The van der Waals surface area contributed by atoms with Gasteiger partial charge in [0.1, 0.15) is 12.4 Å². The number of hydrogen-bond acceptors (Lipinski definition) is 5. The topological polar surface area (TPSA) is 62.8 Å². The lowest BCUT2D eigenvalue weighted by Gasteiger charge is -2.14. The Kier molecular flexibility index (Phi) is 9.35. The Labute approximate surface area is 164 Å². The first-order valence-corrected chi connectivity index (χ1v) is 9.36. The number of rotatable bonds is 12. The van der Waals surface area contributed by atoms with E-state index in [4.69, 9.17) is 26.2 Å². The number of benzene rings is 2. The van der Waals surface area contributed by atoms with Gasteiger partial charge < -0.3 is 25.2 Å². The Morgan fingerprint density at radius 1 is 1.00 bits per heavy atom. The van der Waals surface area contributed by atoms with Crippen LogP contribution in [-0.4, -0.2) is 38.0 Å². The minimum atomic E-state index is -0.373. The lowest BCUT2D eigenvalue weighted by molar-refractivity contribution is 0.269. The number of nitrogens with one attached hydrogen (secondary N) is 2. The molecule has 0 radical (unpaired) electrons. The average molecular weight is 397 g/mol. The van der Waals surface area contributed by atoms with Crippen molar-refractivity contribution in [3.63, 3.8) is 0 Å². The average Bonchev–Trinajstić information content (AvgIpc) is 2.65. The zero-order chi connectivity index (χ0) is 19.5. The summed E-state index contributed by atoms with van der Waals surface area (Å²) in [5.41, 5.74) is 1.79. The summed E-state index contributed by atoms with van der Waals surface area (Å²) in [7, 11) is 0. The van der Waals surface area contributed by atoms with E-state index in [2.05, 4.69) is 10.6 Å². The number of aliphatic hydroxyl groups is 1. The van der Waals surface area contributed by atoms with Gasteiger partial charge in [0.2, 0.25) is 0 Å². The van der Waals surface area contributed by atoms with Crippen LogP contribution in [0.1, 0.15) is 18.1 Å². The second-order valence-electron chi connectivity index (χ2n) is 5.89. The van der Waals surface area contributed by atoms with Crippen LogP contribution in [0.15, 0.2) is 36.4 Å². The van der Waals surface area contributed by atoms with E-state index in [-0.39, 0.29) is 19.0 Å². The summed E-state index contributed by atoms with van der Waals surface area (Å²) in [6, 6.07) is 10.0. The third kappa shape index (κ3) is 7.34. The molecule has 0 saturated carbocycles. The van der Waals surface area contributed by atoms with E-state index >= 15 is 0 Å². The van der Waals surface area contributed by atoms with Crippen LogP contribution in [0.5, 0.6) is 11.5 Å². The van der Waals surface area contributed by atoms with Crippen LogP contribution in [0.3, 0.4) is 0 Å². The van der Waals surface area contributed by atoms with Gasteiger partial charge in [-0.05, 0) is 36.8 Å². The van der Waals surface area contributed by atoms with Crippen molar-refractivity contribution in [2.45, 2.75) is 20.1 Å². The minimum Gasteiger partial charge on any atom is -0.490 e. The highest BCUT2D eigenvalue weighted by atomic mass is 35.5. The number of ether oxygens (including phenoxy) is 2. The van der Waals surface area contributed by atoms with Crippen molar-refractivity contribution < 1.29 is 19.0 Å². The summed E-state index contributed by atoms with van der Waals surface area (Å²) >= 11 is 6.05. The van der Waals surface area contributed by atoms with E-state index in [0.717, 1.165) is 18.7 Å². The highest BCUT2D eigenvalue weighted by Gasteiger charge is 2.09. The van der Waals surface area contributed by atoms with Crippen molar-refractivity contribution >= 4 is 11.6 Å². The molecule has 2 aromatic rings. The maximum atomic E-state index is 13.1. The fraction of sp³-hybridized carbons (Fsp3) is 0.400. The molecular formula is C20H26ClFN2O3. The van der Waals surface area contributed by atoms with Gasteiger partial charge in [-0.3, -0.25) is 0 Å². The molecule has 0 bridgehead atoms. The molecule has 0 saturated heterocycles. The lowest BCUT2D eigenvalue weighted by atomic mass is 10.2. The Balaban J connectivity index is 1.93. The van der Waals surface area contributed by atoms with Gasteiger partial charge in [0.05, 0.1) is 18.2 Å². The van der Waals surface area contributed by atoms with Crippen molar-refractivity contribution in [1.82, 2.24) is 10.6 Å². The summed E-state index contributed by atoms with van der Waals surface area (Å²) in [4.78, 5) is 0. The Hall–Kier alpha value is -1.86. The predicted molar refractivity (Wildman–Crippen MR) is 105 cm³/mol. The van der Waals surface area contributed by atoms with Crippen LogP contribution >= 0.6 is 11.6 Å². The third-order valence-electron chi connectivity index (χ3n) is 3.80. The normalized spacial score (nSPS) is 10.8.